The van der Waals surface area contributed by atoms with E-state index < -0.39 is 0 Å². The third kappa shape index (κ3) is 8.96. The zero-order chi connectivity index (χ0) is 24.0. The van der Waals surface area contributed by atoms with Gasteiger partial charge in [0.25, 0.3) is 5.91 Å². The van der Waals surface area contributed by atoms with Gasteiger partial charge < -0.3 is 15.5 Å². The lowest BCUT2D eigenvalue weighted by atomic mass is 9.95. The van der Waals surface area contributed by atoms with E-state index in [1.165, 1.54) is 77.0 Å². The summed E-state index contributed by atoms with van der Waals surface area (Å²) < 4.78 is 0. The summed E-state index contributed by atoms with van der Waals surface area (Å²) in [5.41, 5.74) is 2.44. The summed E-state index contributed by atoms with van der Waals surface area (Å²) in [5, 5.41) is 6.32. The normalized spacial score (nSPS) is 16.6. The van der Waals surface area contributed by atoms with Crippen molar-refractivity contribution in [1.29, 1.82) is 0 Å². The number of nitrogens with one attached hydrogen (secondary N) is 2. The summed E-state index contributed by atoms with van der Waals surface area (Å²) >= 11 is 0. The molecule has 2 N–H and O–H groups in total. The van der Waals surface area contributed by atoms with Crippen molar-refractivity contribution < 1.29 is 9.59 Å². The molecule has 1 saturated carbocycles. The molecule has 5 heteroatoms. The molecule has 0 spiro atoms. The fourth-order valence-corrected chi connectivity index (χ4v) is 5.36. The van der Waals surface area contributed by atoms with Gasteiger partial charge in [-0.1, -0.05) is 77.6 Å². The molecule has 0 atom stereocenters. The lowest BCUT2D eigenvalue weighted by Crippen LogP contribution is -2.37. The zero-order valence-electron chi connectivity index (χ0n) is 21.5. The summed E-state index contributed by atoms with van der Waals surface area (Å²) in [6, 6.07) is 6.15. The zero-order valence-corrected chi connectivity index (χ0v) is 21.5. The van der Waals surface area contributed by atoms with Crippen LogP contribution in [0.5, 0.6) is 0 Å². The third-order valence-electron chi connectivity index (χ3n) is 7.42. The highest BCUT2D eigenvalue weighted by atomic mass is 16.2. The first-order valence-corrected chi connectivity index (χ1v) is 14.2. The van der Waals surface area contributed by atoms with Gasteiger partial charge in [0, 0.05) is 36.9 Å². The number of hydrogen-bond acceptors (Lipinski definition) is 3. The Labute approximate surface area is 207 Å². The van der Waals surface area contributed by atoms with Crippen molar-refractivity contribution >= 4 is 23.2 Å². The van der Waals surface area contributed by atoms with E-state index in [0.717, 1.165) is 50.1 Å². The fourth-order valence-electron chi connectivity index (χ4n) is 5.36. The average molecular weight is 470 g/mol. The molecule has 5 nitrogen and oxygen atoms in total. The van der Waals surface area contributed by atoms with Crippen LogP contribution >= 0.6 is 0 Å². The van der Waals surface area contributed by atoms with Gasteiger partial charge in [0.1, 0.15) is 0 Å². The summed E-state index contributed by atoms with van der Waals surface area (Å²) in [6.07, 6.45) is 19.9. The van der Waals surface area contributed by atoms with Crippen LogP contribution < -0.4 is 15.5 Å². The van der Waals surface area contributed by atoms with Gasteiger partial charge >= 0.3 is 0 Å². The van der Waals surface area contributed by atoms with E-state index in [-0.39, 0.29) is 17.9 Å². The second-order valence-electron chi connectivity index (χ2n) is 10.4. The van der Waals surface area contributed by atoms with Crippen molar-refractivity contribution in [2.75, 3.05) is 23.3 Å². The molecule has 190 valence electrons. The highest BCUT2D eigenvalue weighted by Crippen LogP contribution is 2.28. The van der Waals surface area contributed by atoms with Crippen LogP contribution in [0.3, 0.4) is 0 Å². The molecule has 1 heterocycles. The molecule has 1 aromatic carbocycles. The molecule has 2 amide bonds. The molecule has 34 heavy (non-hydrogen) atoms. The first-order valence-electron chi connectivity index (χ1n) is 14.2. The highest BCUT2D eigenvalue weighted by Gasteiger charge is 2.23. The van der Waals surface area contributed by atoms with E-state index in [2.05, 4.69) is 22.5 Å². The van der Waals surface area contributed by atoms with E-state index in [1.807, 2.05) is 18.2 Å². The molecule has 1 aliphatic carbocycles. The molecule has 2 fully saturated rings. The first kappa shape index (κ1) is 26.6. The molecule has 2 aliphatic rings. The monoisotopic (exact) mass is 469 g/mol. The number of unbranched alkanes of at least 4 members (excludes halogenated alkanes) is 8. The number of carbonyl (C=O) groups excluding carboxylic acids is 2. The van der Waals surface area contributed by atoms with Crippen LogP contribution in [-0.2, 0) is 4.79 Å². The van der Waals surface area contributed by atoms with Crippen LogP contribution in [0.4, 0.5) is 11.4 Å². The predicted octanol–water partition coefficient (Wildman–Crippen LogP) is 7.21. The molecule has 0 unspecified atom stereocenters. The SMILES string of the molecule is CCCCCCCCCCCC(=O)Nc1ccc(N2CCCC2)c(C(=O)NC2CCCCC2)c1. The van der Waals surface area contributed by atoms with Crippen LogP contribution in [0.25, 0.3) is 0 Å². The Balaban J connectivity index is 1.49. The molecular weight excluding hydrogens is 422 g/mol. The topological polar surface area (TPSA) is 61.4 Å². The molecule has 0 aromatic heterocycles. The van der Waals surface area contributed by atoms with Crippen LogP contribution in [0, 0.1) is 0 Å². The Morgan fingerprint density at radius 3 is 2.18 bits per heavy atom. The molecule has 1 saturated heterocycles. The van der Waals surface area contributed by atoms with Crippen molar-refractivity contribution in [3.8, 4) is 0 Å². The third-order valence-corrected chi connectivity index (χ3v) is 7.42. The Morgan fingerprint density at radius 1 is 0.853 bits per heavy atom. The lowest BCUT2D eigenvalue weighted by Gasteiger charge is -2.25. The molecule has 1 aromatic rings. The van der Waals surface area contributed by atoms with E-state index in [0.29, 0.717) is 12.0 Å². The summed E-state index contributed by atoms with van der Waals surface area (Å²) in [5.74, 6) is 0.0549. The maximum Gasteiger partial charge on any atom is 0.253 e. The van der Waals surface area contributed by atoms with Crippen molar-refractivity contribution in [3.05, 3.63) is 23.8 Å². The quantitative estimate of drug-likeness (QED) is 0.283. The minimum Gasteiger partial charge on any atom is -0.371 e. The van der Waals surface area contributed by atoms with Gasteiger partial charge in [-0.15, -0.1) is 0 Å². The Hall–Kier alpha value is -2.04. The van der Waals surface area contributed by atoms with E-state index in [9.17, 15) is 9.59 Å². The Kier molecular flexibility index (Phi) is 11.8. The molecule has 3 rings (SSSR count). The van der Waals surface area contributed by atoms with Crippen LogP contribution in [0.2, 0.25) is 0 Å². The van der Waals surface area contributed by atoms with Crippen molar-refractivity contribution in [2.45, 2.75) is 122 Å². The van der Waals surface area contributed by atoms with Crippen molar-refractivity contribution in [1.82, 2.24) is 5.32 Å². The molecule has 1 aliphatic heterocycles. The van der Waals surface area contributed by atoms with Gasteiger partial charge in [-0.05, 0) is 50.3 Å². The number of hydrogen-bond donors (Lipinski definition) is 2. The number of nitrogens with zero attached hydrogens (tertiary/aromatic N) is 1. The van der Waals surface area contributed by atoms with Crippen LogP contribution in [0.1, 0.15) is 126 Å². The maximum absolute atomic E-state index is 13.2. The number of carbonyl (C=O) groups is 2. The van der Waals surface area contributed by atoms with Gasteiger partial charge in [-0.2, -0.15) is 0 Å². The van der Waals surface area contributed by atoms with Gasteiger partial charge in [0.05, 0.1) is 5.56 Å². The molecular formula is C29H47N3O2. The summed E-state index contributed by atoms with van der Waals surface area (Å²) in [6.45, 7) is 4.24. The van der Waals surface area contributed by atoms with Crippen LogP contribution in [-0.4, -0.2) is 30.9 Å². The first-order chi connectivity index (χ1) is 16.7. The number of benzene rings is 1. The predicted molar refractivity (Wildman–Crippen MR) is 143 cm³/mol. The minimum absolute atomic E-state index is 0.00355. The number of amides is 2. The standard InChI is InChI=1S/C29H47N3O2/c1-2-3-4-5-6-7-8-9-13-18-28(33)30-25-19-20-27(32-21-14-15-22-32)26(23-25)29(34)31-24-16-11-10-12-17-24/h19-20,23-24H,2-18,21-22H2,1H3,(H,30,33)(H,31,34). The summed E-state index contributed by atoms with van der Waals surface area (Å²) in [4.78, 5) is 28.1. The minimum atomic E-state index is 0.00355. The largest absolute Gasteiger partial charge is 0.371 e. The number of rotatable bonds is 14. The maximum atomic E-state index is 13.2. The van der Waals surface area contributed by atoms with Gasteiger partial charge in [-0.25, -0.2) is 0 Å². The average Bonchev–Trinajstić information content (AvgIpc) is 3.38. The van der Waals surface area contributed by atoms with Crippen molar-refractivity contribution in [3.63, 3.8) is 0 Å². The fraction of sp³-hybridized carbons (Fsp3) is 0.724. The lowest BCUT2D eigenvalue weighted by molar-refractivity contribution is -0.116. The smallest absolute Gasteiger partial charge is 0.253 e. The van der Waals surface area contributed by atoms with Crippen molar-refractivity contribution in [2.24, 2.45) is 0 Å². The van der Waals surface area contributed by atoms with E-state index in [1.54, 1.807) is 0 Å². The molecule has 0 radical (unpaired) electrons. The Bertz CT molecular complexity index is 752. The van der Waals surface area contributed by atoms with E-state index >= 15 is 0 Å². The van der Waals surface area contributed by atoms with E-state index in [4.69, 9.17) is 0 Å². The molecule has 0 bridgehead atoms. The van der Waals surface area contributed by atoms with Gasteiger partial charge in [0.15, 0.2) is 0 Å². The summed E-state index contributed by atoms with van der Waals surface area (Å²) in [7, 11) is 0. The number of anilines is 2. The van der Waals surface area contributed by atoms with Gasteiger partial charge in [-0.3, -0.25) is 9.59 Å². The van der Waals surface area contributed by atoms with Gasteiger partial charge in [0.2, 0.25) is 5.91 Å². The highest BCUT2D eigenvalue weighted by molar-refractivity contribution is 6.02. The second kappa shape index (κ2) is 15.1. The Morgan fingerprint density at radius 2 is 1.50 bits per heavy atom. The van der Waals surface area contributed by atoms with Crippen LogP contribution in [0.15, 0.2) is 18.2 Å². The second-order valence-corrected chi connectivity index (χ2v) is 10.4.